The number of carbonyl (C=O) groups excluding carboxylic acids is 1. The highest BCUT2D eigenvalue weighted by molar-refractivity contribution is 6.42. The summed E-state index contributed by atoms with van der Waals surface area (Å²) in [6.07, 6.45) is 0.243. The summed E-state index contributed by atoms with van der Waals surface area (Å²) in [6, 6.07) is 5.16. The van der Waals surface area contributed by atoms with Gasteiger partial charge >= 0.3 is 0 Å². The van der Waals surface area contributed by atoms with Gasteiger partial charge in [-0.05, 0) is 38.5 Å². The maximum atomic E-state index is 12.1. The first-order chi connectivity index (χ1) is 9.88. The number of nitrogens with one attached hydrogen (secondary N) is 1. The molecule has 2 aromatic rings. The van der Waals surface area contributed by atoms with Crippen molar-refractivity contribution in [2.24, 2.45) is 0 Å². The molecule has 0 spiro atoms. The van der Waals surface area contributed by atoms with Gasteiger partial charge in [-0.1, -0.05) is 34.4 Å². The van der Waals surface area contributed by atoms with Crippen molar-refractivity contribution >= 4 is 29.1 Å². The van der Waals surface area contributed by atoms with Crippen molar-refractivity contribution in [3.8, 4) is 0 Å². The number of amides is 1. The maximum Gasteiger partial charge on any atom is 0.225 e. The van der Waals surface area contributed by atoms with Gasteiger partial charge in [0.1, 0.15) is 5.76 Å². The first kappa shape index (κ1) is 15.9. The summed E-state index contributed by atoms with van der Waals surface area (Å²) in [5.41, 5.74) is 2.47. The highest BCUT2D eigenvalue weighted by atomic mass is 35.5. The van der Waals surface area contributed by atoms with Gasteiger partial charge in [0, 0.05) is 5.56 Å². The van der Waals surface area contributed by atoms with Crippen molar-refractivity contribution < 1.29 is 9.32 Å². The molecule has 1 N–H and O–H groups in total. The van der Waals surface area contributed by atoms with Crippen molar-refractivity contribution in [3.63, 3.8) is 0 Å². The summed E-state index contributed by atoms with van der Waals surface area (Å²) < 4.78 is 5.05. The van der Waals surface area contributed by atoms with E-state index in [4.69, 9.17) is 27.7 Å². The van der Waals surface area contributed by atoms with E-state index >= 15 is 0 Å². The number of rotatable bonds is 4. The Morgan fingerprint density at radius 3 is 2.62 bits per heavy atom. The molecule has 0 saturated carbocycles. The fourth-order valence-electron chi connectivity index (χ4n) is 2.07. The van der Waals surface area contributed by atoms with Crippen LogP contribution in [0.25, 0.3) is 0 Å². The molecule has 0 aliphatic carbocycles. The Kier molecular flexibility index (Phi) is 4.91. The predicted octanol–water partition coefficient (Wildman–Crippen LogP) is 4.02. The molecule has 1 amide bonds. The van der Waals surface area contributed by atoms with Crippen LogP contribution >= 0.6 is 23.2 Å². The lowest BCUT2D eigenvalue weighted by atomic mass is 10.1. The lowest BCUT2D eigenvalue weighted by molar-refractivity contribution is -0.121. The van der Waals surface area contributed by atoms with E-state index in [0.29, 0.717) is 15.8 Å². The van der Waals surface area contributed by atoms with Gasteiger partial charge in [-0.3, -0.25) is 4.79 Å². The Bertz CT molecular complexity index is 648. The van der Waals surface area contributed by atoms with Crippen LogP contribution in [0, 0.1) is 13.8 Å². The molecule has 6 heteroatoms. The summed E-state index contributed by atoms with van der Waals surface area (Å²) in [4.78, 5) is 12.1. The first-order valence-electron chi connectivity index (χ1n) is 6.54. The molecule has 0 fully saturated rings. The highest BCUT2D eigenvalue weighted by Gasteiger charge is 2.16. The van der Waals surface area contributed by atoms with Gasteiger partial charge in [0.25, 0.3) is 0 Å². The average molecular weight is 327 g/mol. The number of aryl methyl sites for hydroxylation is 2. The SMILES string of the molecule is Cc1noc(C)c1CC(=O)NC(C)c1ccc(Cl)c(Cl)c1. The van der Waals surface area contributed by atoms with Crippen molar-refractivity contribution in [1.82, 2.24) is 10.5 Å². The third-order valence-electron chi connectivity index (χ3n) is 3.34. The van der Waals surface area contributed by atoms with Gasteiger partial charge in [0.15, 0.2) is 0 Å². The molecule has 112 valence electrons. The fourth-order valence-corrected chi connectivity index (χ4v) is 2.38. The van der Waals surface area contributed by atoms with Crippen LogP contribution in [0.3, 0.4) is 0 Å². The number of halogens is 2. The highest BCUT2D eigenvalue weighted by Crippen LogP contribution is 2.25. The Balaban J connectivity index is 2.03. The van der Waals surface area contributed by atoms with E-state index in [1.807, 2.05) is 19.9 Å². The number of hydrogen-bond donors (Lipinski definition) is 1. The zero-order valence-corrected chi connectivity index (χ0v) is 13.5. The number of carbonyl (C=O) groups is 1. The van der Waals surface area contributed by atoms with Crippen LogP contribution in [0.1, 0.15) is 35.5 Å². The van der Waals surface area contributed by atoms with E-state index in [0.717, 1.165) is 16.8 Å². The van der Waals surface area contributed by atoms with Gasteiger partial charge in [-0.2, -0.15) is 0 Å². The quantitative estimate of drug-likeness (QED) is 0.923. The van der Waals surface area contributed by atoms with Gasteiger partial charge in [0.2, 0.25) is 5.91 Å². The van der Waals surface area contributed by atoms with Crippen LogP contribution < -0.4 is 5.32 Å². The second-order valence-corrected chi connectivity index (χ2v) is 5.76. The Morgan fingerprint density at radius 1 is 1.33 bits per heavy atom. The molecule has 1 unspecified atom stereocenters. The molecule has 1 aromatic heterocycles. The third kappa shape index (κ3) is 3.77. The van der Waals surface area contributed by atoms with Crippen LogP contribution in [0.5, 0.6) is 0 Å². The zero-order valence-electron chi connectivity index (χ0n) is 12.0. The predicted molar refractivity (Wildman–Crippen MR) is 82.7 cm³/mol. The molecule has 0 aliphatic rings. The van der Waals surface area contributed by atoms with Crippen LogP contribution in [-0.2, 0) is 11.2 Å². The smallest absolute Gasteiger partial charge is 0.225 e. The molecule has 4 nitrogen and oxygen atoms in total. The Labute approximate surface area is 133 Å². The summed E-state index contributed by atoms with van der Waals surface area (Å²) in [7, 11) is 0. The molecule has 1 aromatic carbocycles. The summed E-state index contributed by atoms with van der Waals surface area (Å²) in [5.74, 6) is 0.577. The monoisotopic (exact) mass is 326 g/mol. The molecule has 21 heavy (non-hydrogen) atoms. The van der Waals surface area contributed by atoms with Crippen LogP contribution in [0.4, 0.5) is 0 Å². The van der Waals surface area contributed by atoms with Crippen molar-refractivity contribution in [1.29, 1.82) is 0 Å². The zero-order chi connectivity index (χ0) is 15.6. The normalized spacial score (nSPS) is 12.2. The minimum Gasteiger partial charge on any atom is -0.361 e. The topological polar surface area (TPSA) is 55.1 Å². The van der Waals surface area contributed by atoms with Crippen LogP contribution in [0.2, 0.25) is 10.0 Å². The summed E-state index contributed by atoms with van der Waals surface area (Å²) in [5, 5.41) is 7.73. The lowest BCUT2D eigenvalue weighted by Crippen LogP contribution is -2.28. The maximum absolute atomic E-state index is 12.1. The molecular formula is C15H16Cl2N2O2. The molecule has 0 bridgehead atoms. The number of aromatic nitrogens is 1. The largest absolute Gasteiger partial charge is 0.361 e. The summed E-state index contributed by atoms with van der Waals surface area (Å²) >= 11 is 11.9. The van der Waals surface area contributed by atoms with Gasteiger partial charge in [-0.25, -0.2) is 0 Å². The molecule has 0 radical (unpaired) electrons. The molecule has 1 atom stereocenters. The summed E-state index contributed by atoms with van der Waals surface area (Å²) in [6.45, 7) is 5.51. The van der Waals surface area contributed by atoms with Crippen molar-refractivity contribution in [3.05, 3.63) is 50.8 Å². The van der Waals surface area contributed by atoms with Crippen molar-refractivity contribution in [2.45, 2.75) is 33.2 Å². The average Bonchev–Trinajstić information content (AvgIpc) is 2.73. The van der Waals surface area contributed by atoms with E-state index < -0.39 is 0 Å². The number of benzene rings is 1. The number of hydrogen-bond acceptors (Lipinski definition) is 3. The number of nitrogens with zero attached hydrogens (tertiary/aromatic N) is 1. The molecule has 0 saturated heterocycles. The minimum atomic E-state index is -0.160. The second kappa shape index (κ2) is 6.50. The third-order valence-corrected chi connectivity index (χ3v) is 4.08. The van der Waals surface area contributed by atoms with E-state index in [-0.39, 0.29) is 18.4 Å². The standard InChI is InChI=1S/C15H16Cl2N2O2/c1-8(11-4-5-13(16)14(17)6-11)18-15(20)7-12-9(2)19-21-10(12)3/h4-6,8H,7H2,1-3H3,(H,18,20). The van der Waals surface area contributed by atoms with E-state index in [1.54, 1.807) is 19.1 Å². The van der Waals surface area contributed by atoms with E-state index in [9.17, 15) is 4.79 Å². The van der Waals surface area contributed by atoms with Gasteiger partial charge in [-0.15, -0.1) is 0 Å². The molecule has 1 heterocycles. The second-order valence-electron chi connectivity index (χ2n) is 4.94. The fraction of sp³-hybridized carbons (Fsp3) is 0.333. The van der Waals surface area contributed by atoms with Crippen LogP contribution in [0.15, 0.2) is 22.7 Å². The van der Waals surface area contributed by atoms with Crippen LogP contribution in [-0.4, -0.2) is 11.1 Å². The Hall–Kier alpha value is -1.52. The van der Waals surface area contributed by atoms with Gasteiger partial charge in [0.05, 0.1) is 28.2 Å². The molecule has 0 aliphatic heterocycles. The lowest BCUT2D eigenvalue weighted by Gasteiger charge is -2.15. The van der Waals surface area contributed by atoms with E-state index in [2.05, 4.69) is 10.5 Å². The molecular weight excluding hydrogens is 311 g/mol. The Morgan fingerprint density at radius 2 is 2.05 bits per heavy atom. The van der Waals surface area contributed by atoms with E-state index in [1.165, 1.54) is 0 Å². The van der Waals surface area contributed by atoms with Gasteiger partial charge < -0.3 is 9.84 Å². The molecule has 2 rings (SSSR count). The first-order valence-corrected chi connectivity index (χ1v) is 7.30. The minimum absolute atomic E-state index is 0.0945. The van der Waals surface area contributed by atoms with Crippen molar-refractivity contribution in [2.75, 3.05) is 0 Å².